The van der Waals surface area contributed by atoms with Gasteiger partial charge in [-0.05, 0) is 75.4 Å². The first-order chi connectivity index (χ1) is 15.9. The summed E-state index contributed by atoms with van der Waals surface area (Å²) in [6.07, 6.45) is 3.67. The predicted octanol–water partition coefficient (Wildman–Crippen LogP) is 4.62. The van der Waals surface area contributed by atoms with Gasteiger partial charge in [0.1, 0.15) is 11.6 Å². The van der Waals surface area contributed by atoms with E-state index in [9.17, 15) is 9.18 Å². The van der Waals surface area contributed by atoms with Crippen LogP contribution in [0.25, 0.3) is 0 Å². The summed E-state index contributed by atoms with van der Waals surface area (Å²) in [5.74, 6) is 0.611. The Bertz CT molecular complexity index is 943. The molecule has 2 aromatic rings. The van der Waals surface area contributed by atoms with Gasteiger partial charge in [0.25, 0.3) is 5.91 Å². The molecule has 33 heavy (non-hydrogen) atoms. The second kappa shape index (κ2) is 10.6. The number of rotatable bonds is 6. The first-order valence-electron chi connectivity index (χ1n) is 12.2. The summed E-state index contributed by atoms with van der Waals surface area (Å²) < 4.78 is 19.3. The third kappa shape index (κ3) is 5.85. The van der Waals surface area contributed by atoms with E-state index >= 15 is 0 Å². The molecule has 2 atom stereocenters. The summed E-state index contributed by atoms with van der Waals surface area (Å²) in [5, 5.41) is 0. The molecule has 4 rings (SSSR count). The zero-order chi connectivity index (χ0) is 23.4. The highest BCUT2D eigenvalue weighted by molar-refractivity contribution is 5.78. The Hall–Kier alpha value is -2.60. The molecule has 2 aliphatic heterocycles. The number of hydrogen-bond donors (Lipinski definition) is 0. The van der Waals surface area contributed by atoms with Crippen LogP contribution in [0.3, 0.4) is 0 Å². The van der Waals surface area contributed by atoms with Crippen LogP contribution in [0, 0.1) is 12.7 Å². The smallest absolute Gasteiger partial charge is 0.260 e. The molecule has 0 bridgehead atoms. The molecule has 178 valence electrons. The van der Waals surface area contributed by atoms with Crippen LogP contribution in [0.15, 0.2) is 42.5 Å². The second-order valence-corrected chi connectivity index (χ2v) is 9.61. The number of ether oxygens (including phenoxy) is 1. The number of anilines is 1. The summed E-state index contributed by atoms with van der Waals surface area (Å²) >= 11 is 0. The van der Waals surface area contributed by atoms with Crippen molar-refractivity contribution < 1.29 is 13.9 Å². The fourth-order valence-corrected chi connectivity index (χ4v) is 4.94. The van der Waals surface area contributed by atoms with Crippen LogP contribution in [-0.2, 0) is 11.3 Å². The lowest BCUT2D eigenvalue weighted by Gasteiger charge is -2.44. The first-order valence-corrected chi connectivity index (χ1v) is 12.2. The number of hydrogen-bond acceptors (Lipinski definition) is 4. The van der Waals surface area contributed by atoms with Crippen molar-refractivity contribution in [2.75, 3.05) is 37.7 Å². The number of nitrogens with zero attached hydrogens (tertiary/aromatic N) is 3. The molecule has 0 saturated carbocycles. The van der Waals surface area contributed by atoms with E-state index in [0.29, 0.717) is 6.54 Å². The van der Waals surface area contributed by atoms with Crippen LogP contribution in [0.2, 0.25) is 0 Å². The number of carbonyl (C=O) groups excluding carboxylic acids is 1. The Morgan fingerprint density at radius 3 is 2.45 bits per heavy atom. The summed E-state index contributed by atoms with van der Waals surface area (Å²) in [6.45, 7) is 10.7. The van der Waals surface area contributed by atoms with Crippen molar-refractivity contribution in [1.82, 2.24) is 9.80 Å². The minimum Gasteiger partial charge on any atom is -0.482 e. The largest absolute Gasteiger partial charge is 0.482 e. The molecular formula is C27H36FN3O2. The van der Waals surface area contributed by atoms with Crippen LogP contribution >= 0.6 is 0 Å². The topological polar surface area (TPSA) is 36.0 Å². The Kier molecular flexibility index (Phi) is 7.53. The van der Waals surface area contributed by atoms with Crippen LogP contribution in [0.1, 0.15) is 44.2 Å². The molecule has 0 unspecified atom stereocenters. The monoisotopic (exact) mass is 453 g/mol. The van der Waals surface area contributed by atoms with Gasteiger partial charge < -0.3 is 14.5 Å². The van der Waals surface area contributed by atoms with Gasteiger partial charge in [-0.3, -0.25) is 9.69 Å². The van der Waals surface area contributed by atoms with Gasteiger partial charge in [-0.15, -0.1) is 0 Å². The van der Waals surface area contributed by atoms with Crippen LogP contribution in [-0.4, -0.2) is 60.6 Å². The number of halogens is 1. The second-order valence-electron chi connectivity index (χ2n) is 9.61. The Morgan fingerprint density at radius 1 is 1.00 bits per heavy atom. The minimum atomic E-state index is -0.215. The highest BCUT2D eigenvalue weighted by Crippen LogP contribution is 2.32. The zero-order valence-electron chi connectivity index (χ0n) is 20.1. The van der Waals surface area contributed by atoms with Gasteiger partial charge in [0.05, 0.1) is 5.69 Å². The molecule has 5 nitrogen and oxygen atoms in total. The van der Waals surface area contributed by atoms with Crippen molar-refractivity contribution in [1.29, 1.82) is 0 Å². The summed E-state index contributed by atoms with van der Waals surface area (Å²) in [7, 11) is 0. The van der Waals surface area contributed by atoms with Crippen molar-refractivity contribution in [2.24, 2.45) is 0 Å². The fourth-order valence-electron chi connectivity index (χ4n) is 4.94. The van der Waals surface area contributed by atoms with Crippen LogP contribution in [0.4, 0.5) is 10.1 Å². The van der Waals surface area contributed by atoms with E-state index in [2.05, 4.69) is 36.6 Å². The van der Waals surface area contributed by atoms with E-state index in [4.69, 9.17) is 4.74 Å². The van der Waals surface area contributed by atoms with Gasteiger partial charge in [-0.1, -0.05) is 18.2 Å². The third-order valence-electron chi connectivity index (χ3n) is 6.90. The van der Waals surface area contributed by atoms with E-state index in [-0.39, 0.29) is 30.4 Å². The Balaban J connectivity index is 1.36. The van der Waals surface area contributed by atoms with Gasteiger partial charge in [-0.25, -0.2) is 4.39 Å². The fraction of sp³-hybridized carbons (Fsp3) is 0.519. The van der Waals surface area contributed by atoms with Crippen molar-refractivity contribution >= 4 is 11.6 Å². The average Bonchev–Trinajstić information content (AvgIpc) is 2.82. The Labute approximate surface area is 197 Å². The maximum absolute atomic E-state index is 13.2. The Morgan fingerprint density at radius 2 is 1.73 bits per heavy atom. The van der Waals surface area contributed by atoms with Gasteiger partial charge >= 0.3 is 0 Å². The maximum atomic E-state index is 13.2. The van der Waals surface area contributed by atoms with E-state index in [1.807, 2.05) is 29.2 Å². The zero-order valence-corrected chi connectivity index (χ0v) is 20.1. The molecule has 0 aliphatic carbocycles. The van der Waals surface area contributed by atoms with E-state index in [0.717, 1.165) is 43.2 Å². The maximum Gasteiger partial charge on any atom is 0.260 e. The summed E-state index contributed by atoms with van der Waals surface area (Å²) in [6, 6.07) is 13.2. The molecule has 0 spiro atoms. The number of benzene rings is 2. The van der Waals surface area contributed by atoms with Crippen molar-refractivity contribution in [3.05, 3.63) is 59.4 Å². The predicted molar refractivity (Wildman–Crippen MR) is 130 cm³/mol. The molecule has 2 aliphatic rings. The van der Waals surface area contributed by atoms with Gasteiger partial charge in [-0.2, -0.15) is 0 Å². The molecule has 0 N–H and O–H groups in total. The first kappa shape index (κ1) is 23.6. The van der Waals surface area contributed by atoms with Crippen molar-refractivity contribution in [2.45, 2.75) is 58.7 Å². The molecule has 2 fully saturated rings. The average molecular weight is 454 g/mol. The quantitative estimate of drug-likeness (QED) is 0.639. The number of aryl methyl sites for hydroxylation is 1. The summed E-state index contributed by atoms with van der Waals surface area (Å²) in [5.41, 5.74) is 3.39. The lowest BCUT2D eigenvalue weighted by Crippen LogP contribution is -2.58. The molecular weight excluding hydrogens is 417 g/mol. The molecule has 0 radical (unpaired) electrons. The van der Waals surface area contributed by atoms with Crippen molar-refractivity contribution in [3.8, 4) is 5.75 Å². The highest BCUT2D eigenvalue weighted by Gasteiger charge is 2.32. The van der Waals surface area contributed by atoms with E-state index < -0.39 is 0 Å². The molecule has 2 heterocycles. The number of carbonyl (C=O) groups is 1. The van der Waals surface area contributed by atoms with E-state index in [1.54, 1.807) is 0 Å². The molecule has 1 amide bonds. The van der Waals surface area contributed by atoms with Gasteiger partial charge in [0, 0.05) is 44.8 Å². The minimum absolute atomic E-state index is 0.0287. The molecule has 2 saturated heterocycles. The van der Waals surface area contributed by atoms with Crippen LogP contribution in [0.5, 0.6) is 5.75 Å². The highest BCUT2D eigenvalue weighted by atomic mass is 19.1. The third-order valence-corrected chi connectivity index (χ3v) is 6.90. The lowest BCUT2D eigenvalue weighted by molar-refractivity contribution is -0.139. The van der Waals surface area contributed by atoms with Gasteiger partial charge in [0.15, 0.2) is 6.61 Å². The van der Waals surface area contributed by atoms with E-state index in [1.165, 1.54) is 37.0 Å². The molecule has 0 aromatic heterocycles. The SMILES string of the molecule is Cc1ccc(OCC(=O)N2C[C@H](C)N(Cc3ccc(F)cc3)C[C@H]2C)c(N2CCCCC2)c1. The molecule has 6 heteroatoms. The van der Waals surface area contributed by atoms with Gasteiger partial charge in [0.2, 0.25) is 0 Å². The lowest BCUT2D eigenvalue weighted by atomic mass is 10.1. The number of piperidine rings is 1. The van der Waals surface area contributed by atoms with Crippen LogP contribution < -0.4 is 9.64 Å². The number of amides is 1. The molecule has 2 aromatic carbocycles. The summed E-state index contributed by atoms with van der Waals surface area (Å²) in [4.78, 5) is 19.8. The number of piperazine rings is 1. The van der Waals surface area contributed by atoms with Crippen molar-refractivity contribution in [3.63, 3.8) is 0 Å². The standard InChI is InChI=1S/C27H36FN3O2/c1-20-7-12-26(25(15-20)29-13-5-4-6-14-29)33-19-27(32)31-17-21(2)30(16-22(31)3)18-23-8-10-24(28)11-9-23/h7-12,15,21-22H,4-6,13-14,16-19H2,1-3H3/t21-,22+/m0/s1. The normalized spacial score (nSPS) is 21.8.